The number of benzene rings is 1. The van der Waals surface area contributed by atoms with Gasteiger partial charge in [0.05, 0.1) is 0 Å². The van der Waals surface area contributed by atoms with Gasteiger partial charge in [0.15, 0.2) is 0 Å². The molecular weight excluding hydrogens is 214 g/mol. The minimum atomic E-state index is -0.743. The van der Waals surface area contributed by atoms with Crippen molar-refractivity contribution >= 4 is 16.9 Å². The van der Waals surface area contributed by atoms with Crippen molar-refractivity contribution in [2.45, 2.75) is 33.2 Å². The van der Waals surface area contributed by atoms with Crippen molar-refractivity contribution in [3.63, 3.8) is 0 Å². The van der Waals surface area contributed by atoms with Crippen LogP contribution in [0.15, 0.2) is 24.4 Å². The zero-order valence-corrected chi connectivity index (χ0v) is 10.2. The van der Waals surface area contributed by atoms with Crippen molar-refractivity contribution in [3.8, 4) is 0 Å². The van der Waals surface area contributed by atoms with Gasteiger partial charge in [-0.2, -0.15) is 0 Å². The van der Waals surface area contributed by atoms with Gasteiger partial charge >= 0.3 is 5.97 Å². The van der Waals surface area contributed by atoms with Gasteiger partial charge in [-0.05, 0) is 37.5 Å². The summed E-state index contributed by atoms with van der Waals surface area (Å²) in [5, 5.41) is 9.94. The Morgan fingerprint density at radius 2 is 2.18 bits per heavy atom. The molecule has 0 aliphatic heterocycles. The molecule has 0 aliphatic rings. The van der Waals surface area contributed by atoms with Gasteiger partial charge in [0.25, 0.3) is 0 Å². The summed E-state index contributed by atoms with van der Waals surface area (Å²) in [4.78, 5) is 10.6. The second kappa shape index (κ2) is 4.62. The van der Waals surface area contributed by atoms with Gasteiger partial charge in [-0.3, -0.25) is 4.79 Å². The van der Waals surface area contributed by atoms with Crippen LogP contribution < -0.4 is 0 Å². The monoisotopic (exact) mass is 231 g/mol. The van der Waals surface area contributed by atoms with E-state index >= 15 is 0 Å². The topological polar surface area (TPSA) is 42.2 Å². The second-order valence-corrected chi connectivity index (χ2v) is 4.34. The lowest BCUT2D eigenvalue weighted by molar-refractivity contribution is -0.136. The number of carboxylic acids is 1. The minimum Gasteiger partial charge on any atom is -0.481 e. The number of rotatable bonds is 4. The van der Waals surface area contributed by atoms with E-state index in [0.717, 1.165) is 12.1 Å². The SMILES string of the molecule is CCn1cc(C)c2ccc(CCC(=O)O)cc21. The van der Waals surface area contributed by atoms with Crippen LogP contribution in [-0.4, -0.2) is 15.6 Å². The van der Waals surface area contributed by atoms with E-state index in [9.17, 15) is 4.79 Å². The summed E-state index contributed by atoms with van der Waals surface area (Å²) in [6, 6.07) is 6.22. The lowest BCUT2D eigenvalue weighted by atomic mass is 10.1. The summed E-state index contributed by atoms with van der Waals surface area (Å²) in [5.41, 5.74) is 3.56. The Bertz CT molecular complexity index is 555. The molecule has 0 aliphatic carbocycles. The fourth-order valence-corrected chi connectivity index (χ4v) is 2.19. The van der Waals surface area contributed by atoms with E-state index in [2.05, 4.69) is 36.7 Å². The lowest BCUT2D eigenvalue weighted by Gasteiger charge is -2.03. The van der Waals surface area contributed by atoms with Gasteiger partial charge in [-0.15, -0.1) is 0 Å². The van der Waals surface area contributed by atoms with Crippen molar-refractivity contribution in [1.29, 1.82) is 0 Å². The molecule has 1 aromatic carbocycles. The van der Waals surface area contributed by atoms with Gasteiger partial charge in [-0.1, -0.05) is 12.1 Å². The van der Waals surface area contributed by atoms with E-state index in [4.69, 9.17) is 5.11 Å². The van der Waals surface area contributed by atoms with Gasteiger partial charge in [0.1, 0.15) is 0 Å². The predicted molar refractivity (Wildman–Crippen MR) is 68.3 cm³/mol. The Morgan fingerprint density at radius 3 is 2.82 bits per heavy atom. The molecule has 0 radical (unpaired) electrons. The highest BCUT2D eigenvalue weighted by molar-refractivity contribution is 5.84. The molecule has 2 aromatic rings. The van der Waals surface area contributed by atoms with Crippen molar-refractivity contribution in [2.24, 2.45) is 0 Å². The van der Waals surface area contributed by atoms with Crippen LogP contribution in [0.2, 0.25) is 0 Å². The maximum Gasteiger partial charge on any atom is 0.303 e. The fraction of sp³-hybridized carbons (Fsp3) is 0.357. The summed E-state index contributed by atoms with van der Waals surface area (Å²) >= 11 is 0. The van der Waals surface area contributed by atoms with Gasteiger partial charge in [-0.25, -0.2) is 0 Å². The Balaban J connectivity index is 2.38. The zero-order valence-electron chi connectivity index (χ0n) is 10.2. The van der Waals surface area contributed by atoms with Crippen molar-refractivity contribution in [2.75, 3.05) is 0 Å². The summed E-state index contributed by atoms with van der Waals surface area (Å²) < 4.78 is 2.20. The molecule has 17 heavy (non-hydrogen) atoms. The number of hydrogen-bond acceptors (Lipinski definition) is 1. The number of nitrogens with zero attached hydrogens (tertiary/aromatic N) is 1. The molecule has 0 saturated heterocycles. The third-order valence-electron chi connectivity index (χ3n) is 3.11. The predicted octanol–water partition coefficient (Wildman–Crippen LogP) is 2.99. The molecule has 1 aromatic heterocycles. The smallest absolute Gasteiger partial charge is 0.303 e. The highest BCUT2D eigenvalue weighted by Gasteiger charge is 2.06. The van der Waals surface area contributed by atoms with Crippen LogP contribution in [0, 0.1) is 6.92 Å². The second-order valence-electron chi connectivity index (χ2n) is 4.34. The molecule has 2 rings (SSSR count). The number of carbonyl (C=O) groups is 1. The first-order chi connectivity index (χ1) is 8.11. The molecule has 3 heteroatoms. The molecule has 1 heterocycles. The van der Waals surface area contributed by atoms with E-state index in [1.807, 2.05) is 6.07 Å². The molecule has 0 saturated carbocycles. The van der Waals surface area contributed by atoms with Crippen LogP contribution in [0.4, 0.5) is 0 Å². The van der Waals surface area contributed by atoms with Crippen molar-refractivity contribution < 1.29 is 9.90 Å². The van der Waals surface area contributed by atoms with Crippen molar-refractivity contribution in [3.05, 3.63) is 35.5 Å². The van der Waals surface area contributed by atoms with Gasteiger partial charge < -0.3 is 9.67 Å². The normalized spacial score (nSPS) is 10.9. The highest BCUT2D eigenvalue weighted by atomic mass is 16.4. The molecule has 0 fully saturated rings. The fourth-order valence-electron chi connectivity index (χ4n) is 2.19. The van der Waals surface area contributed by atoms with E-state index in [1.54, 1.807) is 0 Å². The first-order valence-electron chi connectivity index (χ1n) is 5.92. The van der Waals surface area contributed by atoms with E-state index in [-0.39, 0.29) is 6.42 Å². The first kappa shape index (κ1) is 11.7. The third-order valence-corrected chi connectivity index (χ3v) is 3.11. The third kappa shape index (κ3) is 2.33. The maximum atomic E-state index is 10.6. The Hall–Kier alpha value is -1.77. The minimum absolute atomic E-state index is 0.192. The molecule has 0 unspecified atom stereocenters. The number of hydrogen-bond donors (Lipinski definition) is 1. The van der Waals surface area contributed by atoms with Crippen LogP contribution in [0.1, 0.15) is 24.5 Å². The number of aliphatic carboxylic acids is 1. The molecule has 3 nitrogen and oxygen atoms in total. The molecule has 0 atom stereocenters. The average molecular weight is 231 g/mol. The molecule has 0 spiro atoms. The zero-order chi connectivity index (χ0) is 12.4. The summed E-state index contributed by atoms with van der Waals surface area (Å²) in [6.45, 7) is 5.15. The van der Waals surface area contributed by atoms with Crippen LogP contribution in [0.3, 0.4) is 0 Å². The van der Waals surface area contributed by atoms with Crippen LogP contribution in [0.5, 0.6) is 0 Å². The average Bonchev–Trinajstić information content (AvgIpc) is 2.63. The van der Waals surface area contributed by atoms with E-state index in [0.29, 0.717) is 6.42 Å². The molecule has 0 bridgehead atoms. The summed E-state index contributed by atoms with van der Waals surface area (Å²) in [5.74, 6) is -0.743. The van der Waals surface area contributed by atoms with E-state index in [1.165, 1.54) is 16.5 Å². The molecule has 1 N–H and O–H groups in total. The largest absolute Gasteiger partial charge is 0.481 e. The standard InChI is InChI=1S/C14H17NO2/c1-3-15-9-10(2)12-6-4-11(8-13(12)15)5-7-14(16)17/h4,6,8-9H,3,5,7H2,1-2H3,(H,16,17). The lowest BCUT2D eigenvalue weighted by Crippen LogP contribution is -1.98. The quantitative estimate of drug-likeness (QED) is 0.879. The Kier molecular flexibility index (Phi) is 3.18. The van der Waals surface area contributed by atoms with Crippen molar-refractivity contribution in [1.82, 2.24) is 4.57 Å². The Labute approximate surface area is 101 Å². The number of aryl methyl sites for hydroxylation is 3. The maximum absolute atomic E-state index is 10.6. The number of fused-ring (bicyclic) bond motifs is 1. The molecular formula is C14H17NO2. The number of carboxylic acid groups (broad SMARTS) is 1. The van der Waals surface area contributed by atoms with Crippen LogP contribution in [0.25, 0.3) is 10.9 Å². The summed E-state index contributed by atoms with van der Waals surface area (Å²) in [6.07, 6.45) is 2.93. The van der Waals surface area contributed by atoms with Gasteiger partial charge in [0, 0.05) is 30.1 Å². The molecule has 0 amide bonds. The van der Waals surface area contributed by atoms with E-state index < -0.39 is 5.97 Å². The molecule has 90 valence electrons. The summed E-state index contributed by atoms with van der Waals surface area (Å²) in [7, 11) is 0. The van der Waals surface area contributed by atoms with Gasteiger partial charge in [0.2, 0.25) is 0 Å². The highest BCUT2D eigenvalue weighted by Crippen LogP contribution is 2.22. The number of aromatic nitrogens is 1. The first-order valence-corrected chi connectivity index (χ1v) is 5.92. The Morgan fingerprint density at radius 1 is 1.41 bits per heavy atom. The van der Waals surface area contributed by atoms with Crippen LogP contribution in [-0.2, 0) is 17.8 Å². The van der Waals surface area contributed by atoms with Crippen LogP contribution >= 0.6 is 0 Å².